The number of nitrogens with one attached hydrogen (secondary N) is 1. The molecule has 1 aromatic rings. The number of hydrogen-bond acceptors (Lipinski definition) is 3. The molecule has 3 N–H and O–H groups in total. The van der Waals surface area contributed by atoms with E-state index in [1.54, 1.807) is 18.2 Å². The Hall–Kier alpha value is -1.46. The van der Waals surface area contributed by atoms with Crippen LogP contribution in [0.1, 0.15) is 24.0 Å². The van der Waals surface area contributed by atoms with Gasteiger partial charge in [0.1, 0.15) is 11.7 Å². The maximum absolute atomic E-state index is 14.2. The number of amidine groups is 1. The molecule has 5 heteroatoms. The maximum Gasteiger partial charge on any atom is 0.138 e. The lowest BCUT2D eigenvalue weighted by atomic mass is 10.1. The Labute approximate surface area is 119 Å². The van der Waals surface area contributed by atoms with Crippen molar-refractivity contribution in [1.29, 1.82) is 5.41 Å². The fourth-order valence-corrected chi connectivity index (χ4v) is 2.83. The van der Waals surface area contributed by atoms with Gasteiger partial charge in [0.25, 0.3) is 0 Å². The minimum Gasteiger partial charge on any atom is -0.384 e. The van der Waals surface area contributed by atoms with Crippen LogP contribution in [0.25, 0.3) is 0 Å². The highest BCUT2D eigenvalue weighted by molar-refractivity contribution is 5.95. The summed E-state index contributed by atoms with van der Waals surface area (Å²) in [6.45, 7) is 2.62. The van der Waals surface area contributed by atoms with E-state index in [2.05, 4.69) is 16.8 Å². The molecule has 1 aliphatic heterocycles. The first kappa shape index (κ1) is 14.9. The second-order valence-electron chi connectivity index (χ2n) is 5.67. The van der Waals surface area contributed by atoms with Crippen molar-refractivity contribution >= 4 is 5.84 Å². The Morgan fingerprint density at radius 2 is 2.30 bits per heavy atom. The molecule has 1 saturated heterocycles. The van der Waals surface area contributed by atoms with Crippen molar-refractivity contribution in [3.05, 3.63) is 35.1 Å². The van der Waals surface area contributed by atoms with E-state index >= 15 is 0 Å². The zero-order valence-electron chi connectivity index (χ0n) is 12.2. The highest BCUT2D eigenvalue weighted by Gasteiger charge is 2.22. The Bertz CT molecular complexity index is 489. The Morgan fingerprint density at radius 3 is 2.90 bits per heavy atom. The smallest absolute Gasteiger partial charge is 0.138 e. The Balaban J connectivity index is 2.02. The fourth-order valence-electron chi connectivity index (χ4n) is 2.83. The van der Waals surface area contributed by atoms with Gasteiger partial charge in [-0.05, 0) is 39.5 Å². The van der Waals surface area contributed by atoms with Crippen molar-refractivity contribution in [2.45, 2.75) is 25.4 Å². The highest BCUT2D eigenvalue weighted by atomic mass is 19.1. The third kappa shape index (κ3) is 3.35. The van der Waals surface area contributed by atoms with Gasteiger partial charge in [0.05, 0.1) is 5.56 Å². The third-order valence-corrected chi connectivity index (χ3v) is 4.00. The number of benzene rings is 1. The summed E-state index contributed by atoms with van der Waals surface area (Å²) in [5, 5.41) is 7.38. The van der Waals surface area contributed by atoms with E-state index < -0.39 is 0 Å². The second-order valence-corrected chi connectivity index (χ2v) is 5.67. The fraction of sp³-hybridized carbons (Fsp3) is 0.533. The molecule has 110 valence electrons. The van der Waals surface area contributed by atoms with E-state index in [1.165, 1.54) is 12.8 Å². The van der Waals surface area contributed by atoms with E-state index in [-0.39, 0.29) is 17.2 Å². The van der Waals surface area contributed by atoms with Crippen LogP contribution < -0.4 is 5.73 Å². The van der Waals surface area contributed by atoms with Crippen LogP contribution in [0, 0.1) is 11.2 Å². The van der Waals surface area contributed by atoms with Crippen molar-refractivity contribution in [1.82, 2.24) is 9.80 Å². The molecule has 1 fully saturated rings. The average Bonchev–Trinajstić information content (AvgIpc) is 2.77. The van der Waals surface area contributed by atoms with E-state index in [0.29, 0.717) is 18.2 Å². The number of hydrogen-bond donors (Lipinski definition) is 2. The van der Waals surface area contributed by atoms with Crippen LogP contribution in [-0.4, -0.2) is 48.9 Å². The number of likely N-dealkylation sites (tertiary alicyclic amines) is 1. The van der Waals surface area contributed by atoms with Gasteiger partial charge < -0.3 is 15.5 Å². The Morgan fingerprint density at radius 1 is 1.55 bits per heavy atom. The molecule has 20 heavy (non-hydrogen) atoms. The number of nitrogens with zero attached hydrogens (tertiary/aromatic N) is 2. The van der Waals surface area contributed by atoms with Crippen molar-refractivity contribution < 1.29 is 4.39 Å². The first-order valence-corrected chi connectivity index (χ1v) is 6.99. The molecule has 0 aliphatic carbocycles. The molecule has 1 aromatic carbocycles. The predicted octanol–water partition coefficient (Wildman–Crippen LogP) is 1.64. The van der Waals surface area contributed by atoms with Gasteiger partial charge in [0, 0.05) is 24.7 Å². The van der Waals surface area contributed by atoms with E-state index in [9.17, 15) is 4.39 Å². The molecule has 0 saturated carbocycles. The molecule has 0 bridgehead atoms. The SMILES string of the molecule is CN(Cc1cccc(C(=N)N)c1F)CC1CCCN1C. The minimum absolute atomic E-state index is 0.189. The summed E-state index contributed by atoms with van der Waals surface area (Å²) >= 11 is 0. The topological polar surface area (TPSA) is 56.4 Å². The van der Waals surface area contributed by atoms with Gasteiger partial charge in [-0.1, -0.05) is 12.1 Å². The summed E-state index contributed by atoms with van der Waals surface area (Å²) in [5.74, 6) is -0.589. The average molecular weight is 278 g/mol. The van der Waals surface area contributed by atoms with Crippen LogP contribution >= 0.6 is 0 Å². The highest BCUT2D eigenvalue weighted by Crippen LogP contribution is 2.18. The summed E-state index contributed by atoms with van der Waals surface area (Å²) in [6.07, 6.45) is 2.44. The van der Waals surface area contributed by atoms with Gasteiger partial charge in [0.15, 0.2) is 0 Å². The molecule has 2 rings (SSSR count). The van der Waals surface area contributed by atoms with Gasteiger partial charge >= 0.3 is 0 Å². The minimum atomic E-state index is -0.369. The molecule has 1 aliphatic rings. The molecular weight excluding hydrogens is 255 g/mol. The van der Waals surface area contributed by atoms with Crippen LogP contribution in [-0.2, 0) is 6.54 Å². The van der Waals surface area contributed by atoms with Crippen LogP contribution in [0.15, 0.2) is 18.2 Å². The molecular formula is C15H23FN4. The summed E-state index contributed by atoms with van der Waals surface area (Å²) in [6, 6.07) is 5.62. The summed E-state index contributed by atoms with van der Waals surface area (Å²) < 4.78 is 14.2. The largest absolute Gasteiger partial charge is 0.384 e. The number of likely N-dealkylation sites (N-methyl/N-ethyl adjacent to an activating group) is 2. The molecule has 4 nitrogen and oxygen atoms in total. The lowest BCUT2D eigenvalue weighted by Crippen LogP contribution is -2.36. The van der Waals surface area contributed by atoms with Crippen molar-refractivity contribution in [2.75, 3.05) is 27.2 Å². The zero-order valence-corrected chi connectivity index (χ0v) is 12.2. The van der Waals surface area contributed by atoms with E-state index in [1.807, 2.05) is 7.05 Å². The van der Waals surface area contributed by atoms with Gasteiger partial charge in [0.2, 0.25) is 0 Å². The molecule has 0 spiro atoms. The molecule has 1 unspecified atom stereocenters. The normalized spacial score (nSPS) is 19.7. The second kappa shape index (κ2) is 6.33. The quantitative estimate of drug-likeness (QED) is 0.636. The van der Waals surface area contributed by atoms with Crippen molar-refractivity contribution in [2.24, 2.45) is 5.73 Å². The summed E-state index contributed by atoms with van der Waals surface area (Å²) in [4.78, 5) is 4.49. The Kier molecular flexibility index (Phi) is 4.73. The van der Waals surface area contributed by atoms with E-state index in [4.69, 9.17) is 11.1 Å². The summed E-state index contributed by atoms with van der Waals surface area (Å²) in [5.41, 5.74) is 6.17. The number of rotatable bonds is 5. The van der Waals surface area contributed by atoms with Crippen LogP contribution in [0.5, 0.6) is 0 Å². The first-order chi connectivity index (χ1) is 9.49. The van der Waals surface area contributed by atoms with Gasteiger partial charge in [-0.25, -0.2) is 4.39 Å². The van der Waals surface area contributed by atoms with Crippen molar-refractivity contribution in [3.8, 4) is 0 Å². The summed E-state index contributed by atoms with van der Waals surface area (Å²) in [7, 11) is 4.15. The molecule has 0 amide bonds. The van der Waals surface area contributed by atoms with Gasteiger partial charge in [-0.15, -0.1) is 0 Å². The van der Waals surface area contributed by atoms with Gasteiger partial charge in [-0.2, -0.15) is 0 Å². The molecule has 0 aromatic heterocycles. The number of nitrogen functional groups attached to an aromatic ring is 1. The molecule has 0 radical (unpaired) electrons. The van der Waals surface area contributed by atoms with Crippen molar-refractivity contribution in [3.63, 3.8) is 0 Å². The third-order valence-electron chi connectivity index (χ3n) is 4.00. The zero-order chi connectivity index (χ0) is 14.7. The first-order valence-electron chi connectivity index (χ1n) is 6.99. The maximum atomic E-state index is 14.2. The molecule has 1 atom stereocenters. The van der Waals surface area contributed by atoms with Crippen LogP contribution in [0.4, 0.5) is 4.39 Å². The van der Waals surface area contributed by atoms with Gasteiger partial charge in [-0.3, -0.25) is 5.41 Å². The number of halogens is 1. The monoisotopic (exact) mass is 278 g/mol. The van der Waals surface area contributed by atoms with Crippen LogP contribution in [0.3, 0.4) is 0 Å². The lowest BCUT2D eigenvalue weighted by Gasteiger charge is -2.26. The van der Waals surface area contributed by atoms with Crippen LogP contribution in [0.2, 0.25) is 0 Å². The number of nitrogens with two attached hydrogens (primary N) is 1. The predicted molar refractivity (Wildman–Crippen MR) is 79.4 cm³/mol. The lowest BCUT2D eigenvalue weighted by molar-refractivity contribution is 0.214. The molecule has 1 heterocycles. The standard InChI is InChI=1S/C15H23FN4/c1-19(10-12-6-4-8-20(12)2)9-11-5-3-7-13(14(11)16)15(17)18/h3,5,7,12H,4,6,8-10H2,1-2H3,(H3,17,18). The van der Waals surface area contributed by atoms with E-state index in [0.717, 1.165) is 13.1 Å².